The van der Waals surface area contributed by atoms with Gasteiger partial charge in [0.05, 0.1) is 0 Å². The first-order valence-corrected chi connectivity index (χ1v) is 8.43. The minimum absolute atomic E-state index is 0.136. The lowest BCUT2D eigenvalue weighted by atomic mass is 10.0. The third-order valence-electron chi connectivity index (χ3n) is 3.73. The van der Waals surface area contributed by atoms with Crippen molar-refractivity contribution in [2.24, 2.45) is 5.73 Å². The van der Waals surface area contributed by atoms with Gasteiger partial charge in [-0.2, -0.15) is 0 Å². The Kier molecular flexibility index (Phi) is 8.11. The van der Waals surface area contributed by atoms with Crippen molar-refractivity contribution in [3.05, 3.63) is 47.8 Å². The highest BCUT2D eigenvalue weighted by molar-refractivity contribution is 5.93. The number of hydrogen-bond acceptors (Lipinski definition) is 5. The Bertz CT molecular complexity index is 696. The number of likely N-dealkylation sites (N-methyl/N-ethyl adjacent to an activating group) is 2. The van der Waals surface area contributed by atoms with Gasteiger partial charge in [0.15, 0.2) is 0 Å². The first-order valence-electron chi connectivity index (χ1n) is 8.43. The second kappa shape index (κ2) is 9.82. The van der Waals surface area contributed by atoms with E-state index in [0.717, 1.165) is 11.0 Å². The lowest BCUT2D eigenvalue weighted by Gasteiger charge is -2.25. The zero-order valence-electron chi connectivity index (χ0n) is 16.0. The number of esters is 1. The molecule has 7 nitrogen and oxygen atoms in total. The van der Waals surface area contributed by atoms with Crippen LogP contribution in [0, 0.1) is 5.82 Å². The summed E-state index contributed by atoms with van der Waals surface area (Å²) in [4.78, 5) is 37.1. The van der Waals surface area contributed by atoms with Crippen molar-refractivity contribution in [3.8, 4) is 0 Å². The monoisotopic (exact) mass is 379 g/mol. The van der Waals surface area contributed by atoms with Crippen molar-refractivity contribution in [2.45, 2.75) is 38.3 Å². The number of halogens is 1. The van der Waals surface area contributed by atoms with Gasteiger partial charge in [-0.3, -0.25) is 9.69 Å². The van der Waals surface area contributed by atoms with Crippen molar-refractivity contribution in [1.29, 1.82) is 0 Å². The van der Waals surface area contributed by atoms with E-state index in [4.69, 9.17) is 10.5 Å². The van der Waals surface area contributed by atoms with Crippen LogP contribution in [0.25, 0.3) is 0 Å². The number of nitrogens with two attached hydrogens (primary N) is 1. The van der Waals surface area contributed by atoms with Crippen LogP contribution in [0.5, 0.6) is 0 Å². The van der Waals surface area contributed by atoms with Crippen molar-refractivity contribution in [3.63, 3.8) is 0 Å². The standard InChI is InChI=1S/C19H26FN3O4/c1-19(2,21)11-5-6-16(24)27-18(26)23(4)15(17(25)22-3)12-13-7-9-14(20)10-8-13/h5-10,15H,11-12,21H2,1-4H3,(H,22,25)/b6-5+/t15-/m1/s1. The van der Waals surface area contributed by atoms with Gasteiger partial charge in [-0.1, -0.05) is 18.2 Å². The number of benzene rings is 1. The molecular formula is C19H26FN3O4. The van der Waals surface area contributed by atoms with Gasteiger partial charge in [0.25, 0.3) is 0 Å². The Morgan fingerprint density at radius 1 is 1.30 bits per heavy atom. The molecule has 0 fully saturated rings. The SMILES string of the molecule is CNC(=O)[C@@H](Cc1ccc(F)cc1)N(C)C(=O)OC(=O)/C=C/CC(C)(C)N. The lowest BCUT2D eigenvalue weighted by molar-refractivity contribution is -0.134. The summed E-state index contributed by atoms with van der Waals surface area (Å²) in [6.07, 6.45) is 2.24. The number of amides is 2. The number of nitrogens with one attached hydrogen (secondary N) is 1. The Morgan fingerprint density at radius 2 is 1.89 bits per heavy atom. The first kappa shape index (κ1) is 22.3. The number of carbonyl (C=O) groups is 3. The summed E-state index contributed by atoms with van der Waals surface area (Å²) >= 11 is 0. The molecule has 0 aliphatic rings. The van der Waals surface area contributed by atoms with E-state index in [1.54, 1.807) is 13.8 Å². The normalized spacial score (nSPS) is 12.5. The summed E-state index contributed by atoms with van der Waals surface area (Å²) in [6.45, 7) is 3.59. The summed E-state index contributed by atoms with van der Waals surface area (Å²) in [5, 5.41) is 2.46. The van der Waals surface area contributed by atoms with Crippen LogP contribution in [0.4, 0.5) is 9.18 Å². The van der Waals surface area contributed by atoms with Crippen molar-refractivity contribution >= 4 is 18.0 Å². The highest BCUT2D eigenvalue weighted by atomic mass is 19.1. The van der Waals surface area contributed by atoms with Crippen LogP contribution in [-0.4, -0.2) is 48.5 Å². The average molecular weight is 379 g/mol. The van der Waals surface area contributed by atoms with E-state index >= 15 is 0 Å². The van der Waals surface area contributed by atoms with E-state index in [0.29, 0.717) is 12.0 Å². The fraction of sp³-hybridized carbons (Fsp3) is 0.421. The molecule has 0 unspecified atom stereocenters. The minimum Gasteiger partial charge on any atom is -0.373 e. The maximum Gasteiger partial charge on any atom is 0.418 e. The largest absolute Gasteiger partial charge is 0.418 e. The van der Waals surface area contributed by atoms with E-state index in [1.807, 2.05) is 0 Å². The molecule has 1 rings (SSSR count). The van der Waals surface area contributed by atoms with Crippen LogP contribution in [-0.2, 0) is 20.7 Å². The van der Waals surface area contributed by atoms with Gasteiger partial charge in [0.2, 0.25) is 5.91 Å². The number of hydrogen-bond donors (Lipinski definition) is 2. The molecule has 1 aromatic rings. The third-order valence-corrected chi connectivity index (χ3v) is 3.73. The van der Waals surface area contributed by atoms with Gasteiger partial charge < -0.3 is 15.8 Å². The van der Waals surface area contributed by atoms with Crippen molar-refractivity contribution in [1.82, 2.24) is 10.2 Å². The molecule has 27 heavy (non-hydrogen) atoms. The third kappa shape index (κ3) is 8.00. The lowest BCUT2D eigenvalue weighted by Crippen LogP contribution is -2.48. The Labute approximate surface area is 158 Å². The molecule has 0 aromatic heterocycles. The Hall–Kier alpha value is -2.74. The molecule has 148 valence electrons. The first-order chi connectivity index (χ1) is 12.5. The quantitative estimate of drug-likeness (QED) is 0.427. The summed E-state index contributed by atoms with van der Waals surface area (Å²) in [5.74, 6) is -1.69. The van der Waals surface area contributed by atoms with Gasteiger partial charge in [0.1, 0.15) is 11.9 Å². The van der Waals surface area contributed by atoms with E-state index in [2.05, 4.69) is 5.32 Å². The molecule has 0 aliphatic heterocycles. The van der Waals surface area contributed by atoms with Gasteiger partial charge in [-0.05, 0) is 38.0 Å². The molecule has 0 spiro atoms. The molecule has 0 saturated heterocycles. The van der Waals surface area contributed by atoms with Gasteiger partial charge in [-0.15, -0.1) is 0 Å². The highest BCUT2D eigenvalue weighted by Crippen LogP contribution is 2.11. The minimum atomic E-state index is -0.965. The molecule has 8 heteroatoms. The van der Waals surface area contributed by atoms with E-state index in [-0.39, 0.29) is 6.42 Å². The predicted octanol–water partition coefficient (Wildman–Crippen LogP) is 1.76. The van der Waals surface area contributed by atoms with Crippen LogP contribution in [0.2, 0.25) is 0 Å². The number of ether oxygens (including phenoxy) is 1. The molecule has 1 aromatic carbocycles. The van der Waals surface area contributed by atoms with Gasteiger partial charge in [0, 0.05) is 32.1 Å². The predicted molar refractivity (Wildman–Crippen MR) is 99.2 cm³/mol. The number of rotatable bonds is 7. The Balaban J connectivity index is 2.78. The summed E-state index contributed by atoms with van der Waals surface area (Å²) in [6, 6.07) is 4.65. The highest BCUT2D eigenvalue weighted by Gasteiger charge is 2.28. The fourth-order valence-corrected chi connectivity index (χ4v) is 2.19. The zero-order valence-corrected chi connectivity index (χ0v) is 16.0. The molecule has 0 saturated carbocycles. The van der Waals surface area contributed by atoms with Crippen molar-refractivity contribution in [2.75, 3.05) is 14.1 Å². The Morgan fingerprint density at radius 3 is 2.41 bits per heavy atom. The number of nitrogens with zero attached hydrogens (tertiary/aromatic N) is 1. The van der Waals surface area contributed by atoms with Gasteiger partial charge in [-0.25, -0.2) is 14.0 Å². The van der Waals surface area contributed by atoms with Gasteiger partial charge >= 0.3 is 12.1 Å². The molecule has 0 radical (unpaired) electrons. The molecule has 3 N–H and O–H groups in total. The van der Waals surface area contributed by atoms with E-state index in [1.165, 1.54) is 44.4 Å². The average Bonchev–Trinajstić information content (AvgIpc) is 2.58. The van der Waals surface area contributed by atoms with Crippen LogP contribution in [0.1, 0.15) is 25.8 Å². The smallest absolute Gasteiger partial charge is 0.373 e. The second-order valence-electron chi connectivity index (χ2n) is 6.85. The summed E-state index contributed by atoms with van der Waals surface area (Å²) < 4.78 is 17.8. The maximum atomic E-state index is 13.0. The molecule has 0 bridgehead atoms. The number of carbonyl (C=O) groups excluding carboxylic acids is 3. The zero-order chi connectivity index (χ0) is 20.6. The van der Waals surface area contributed by atoms with Crippen LogP contribution in [0.3, 0.4) is 0 Å². The topological polar surface area (TPSA) is 102 Å². The molecular weight excluding hydrogens is 353 g/mol. The maximum absolute atomic E-state index is 13.0. The van der Waals surface area contributed by atoms with Crippen LogP contribution in [0.15, 0.2) is 36.4 Å². The van der Waals surface area contributed by atoms with Crippen LogP contribution < -0.4 is 11.1 Å². The molecule has 0 aliphatic carbocycles. The van der Waals surface area contributed by atoms with Crippen molar-refractivity contribution < 1.29 is 23.5 Å². The molecule has 0 heterocycles. The fourth-order valence-electron chi connectivity index (χ4n) is 2.19. The summed E-state index contributed by atoms with van der Waals surface area (Å²) in [7, 11) is 2.79. The molecule has 2 amide bonds. The summed E-state index contributed by atoms with van der Waals surface area (Å²) in [5.41, 5.74) is 5.96. The molecule has 1 atom stereocenters. The van der Waals surface area contributed by atoms with Crippen LogP contribution >= 0.6 is 0 Å². The van der Waals surface area contributed by atoms with E-state index in [9.17, 15) is 18.8 Å². The second-order valence-corrected chi connectivity index (χ2v) is 6.85. The van der Waals surface area contributed by atoms with E-state index < -0.39 is 35.4 Å².